The summed E-state index contributed by atoms with van der Waals surface area (Å²) >= 11 is 0. The topological polar surface area (TPSA) is 105 Å². The fourth-order valence-corrected chi connectivity index (χ4v) is 3.61. The van der Waals surface area contributed by atoms with Gasteiger partial charge in [-0.1, -0.05) is 42.7 Å². The summed E-state index contributed by atoms with van der Waals surface area (Å²) in [7, 11) is 0. The Hall–Kier alpha value is -2.55. The molecule has 0 bridgehead atoms. The molecule has 4 rings (SSSR count). The molecule has 4 N–H and O–H groups in total. The number of likely N-dealkylation sites (tertiary alicyclic amines) is 1. The molecule has 0 unspecified atom stereocenters. The number of hydrogen-bond donors (Lipinski definition) is 3. The molecule has 1 saturated heterocycles. The highest BCUT2D eigenvalue weighted by Crippen LogP contribution is 2.33. The van der Waals surface area contributed by atoms with Gasteiger partial charge in [0.1, 0.15) is 11.9 Å². The van der Waals surface area contributed by atoms with Gasteiger partial charge in [-0.15, -0.1) is 0 Å². The van der Waals surface area contributed by atoms with Crippen LogP contribution in [0.5, 0.6) is 11.5 Å². The average Bonchev–Trinajstić information content (AvgIpc) is 2.63. The molecule has 148 valence electrons. The van der Waals surface area contributed by atoms with Gasteiger partial charge in [0.2, 0.25) is 5.91 Å². The molecule has 2 heterocycles. The van der Waals surface area contributed by atoms with E-state index in [1.54, 1.807) is 11.0 Å². The third-order valence-electron chi connectivity index (χ3n) is 5.22. The van der Waals surface area contributed by atoms with E-state index in [0.29, 0.717) is 37.4 Å². The van der Waals surface area contributed by atoms with Gasteiger partial charge in [-0.25, -0.2) is 0 Å². The Morgan fingerprint density at radius 1 is 1.25 bits per heavy atom. The number of rotatable bonds is 5. The minimum absolute atomic E-state index is 0.0782. The molecule has 0 saturated carbocycles. The summed E-state index contributed by atoms with van der Waals surface area (Å²) in [5, 5.41) is 19.4. The van der Waals surface area contributed by atoms with Gasteiger partial charge in [-0.05, 0) is 30.0 Å². The summed E-state index contributed by atoms with van der Waals surface area (Å²) in [6.07, 6.45) is 1.13. The molecule has 0 spiro atoms. The number of nitrogens with two attached hydrogens (primary N) is 1. The van der Waals surface area contributed by atoms with Gasteiger partial charge in [-0.2, -0.15) is 0 Å². The zero-order chi connectivity index (χ0) is 19.7. The zero-order valence-corrected chi connectivity index (χ0v) is 15.5. The molecular formula is C20H24BN2O5-. The highest BCUT2D eigenvalue weighted by molar-refractivity contribution is 6.58. The molecule has 8 heteroatoms. The molecule has 28 heavy (non-hydrogen) atoms. The van der Waals surface area contributed by atoms with Gasteiger partial charge in [0, 0.05) is 6.07 Å². The maximum absolute atomic E-state index is 12.5. The lowest BCUT2D eigenvalue weighted by molar-refractivity contribution is -0.141. The van der Waals surface area contributed by atoms with Crippen LogP contribution in [-0.4, -0.2) is 52.8 Å². The summed E-state index contributed by atoms with van der Waals surface area (Å²) in [5.41, 5.74) is 8.02. The smallest absolute Gasteiger partial charge is 0.430 e. The maximum atomic E-state index is 12.5. The normalized spacial score (nSPS) is 19.2. The van der Waals surface area contributed by atoms with Gasteiger partial charge in [0.05, 0.1) is 24.9 Å². The van der Waals surface area contributed by atoms with Crippen LogP contribution in [0.4, 0.5) is 0 Å². The van der Waals surface area contributed by atoms with Crippen molar-refractivity contribution < 1.29 is 24.2 Å². The fourth-order valence-electron chi connectivity index (χ4n) is 3.61. The van der Waals surface area contributed by atoms with E-state index in [9.17, 15) is 14.8 Å². The van der Waals surface area contributed by atoms with Crippen LogP contribution < -0.4 is 15.1 Å². The van der Waals surface area contributed by atoms with Crippen LogP contribution in [0.3, 0.4) is 0 Å². The van der Waals surface area contributed by atoms with Crippen molar-refractivity contribution in [3.8, 4) is 11.5 Å². The number of hydrogen-bond acceptors (Lipinski definition) is 6. The quantitative estimate of drug-likeness (QED) is 0.657. The van der Waals surface area contributed by atoms with Crippen LogP contribution in [0.25, 0.3) is 0 Å². The molecule has 0 radical (unpaired) electrons. The molecule has 2 aliphatic rings. The highest BCUT2D eigenvalue weighted by atomic mass is 16.6. The van der Waals surface area contributed by atoms with E-state index < -0.39 is 12.8 Å². The molecule has 1 amide bonds. The van der Waals surface area contributed by atoms with E-state index in [0.717, 1.165) is 11.1 Å². The van der Waals surface area contributed by atoms with Crippen LogP contribution in [0, 0.1) is 0 Å². The first kappa shape index (κ1) is 18.8. The first-order valence-electron chi connectivity index (χ1n) is 9.57. The van der Waals surface area contributed by atoms with Crippen molar-refractivity contribution in [1.82, 2.24) is 4.90 Å². The van der Waals surface area contributed by atoms with Crippen LogP contribution in [-0.2, 0) is 17.6 Å². The first-order valence-corrected chi connectivity index (χ1v) is 9.57. The van der Waals surface area contributed by atoms with Crippen LogP contribution in [0.15, 0.2) is 48.5 Å². The zero-order valence-electron chi connectivity index (χ0n) is 15.5. The molecule has 0 aromatic heterocycles. The molecule has 0 aliphatic carbocycles. The number of benzene rings is 2. The lowest BCUT2D eigenvalue weighted by Crippen LogP contribution is -2.60. The number of amides is 1. The van der Waals surface area contributed by atoms with Crippen molar-refractivity contribution in [3.05, 3.63) is 59.7 Å². The van der Waals surface area contributed by atoms with Gasteiger partial charge < -0.3 is 30.1 Å². The van der Waals surface area contributed by atoms with E-state index >= 15 is 0 Å². The van der Waals surface area contributed by atoms with Crippen LogP contribution in [0.1, 0.15) is 11.1 Å². The van der Waals surface area contributed by atoms with E-state index in [2.05, 4.69) is 0 Å². The van der Waals surface area contributed by atoms with Gasteiger partial charge in [0.25, 0.3) is 0 Å². The fraction of sp³-hybridized carbons (Fsp3) is 0.350. The molecule has 1 fully saturated rings. The Balaban J connectivity index is 1.29. The molecule has 2 aliphatic heterocycles. The number of carbonyl (C=O) groups excluding carboxylic acids is 1. The number of fused-ring (bicyclic) bond motifs is 1. The second-order valence-corrected chi connectivity index (χ2v) is 7.56. The summed E-state index contributed by atoms with van der Waals surface area (Å²) < 4.78 is 11.1. The van der Waals surface area contributed by atoms with Crippen molar-refractivity contribution in [3.63, 3.8) is 0 Å². The number of aryl methyl sites for hydroxylation is 1. The third-order valence-corrected chi connectivity index (χ3v) is 5.22. The number of carbonyl (C=O) groups is 1. The van der Waals surface area contributed by atoms with Gasteiger partial charge in [-0.3, -0.25) is 4.79 Å². The van der Waals surface area contributed by atoms with E-state index in [1.165, 1.54) is 0 Å². The average molecular weight is 383 g/mol. The second-order valence-electron chi connectivity index (χ2n) is 7.56. The molecule has 2 aromatic carbocycles. The summed E-state index contributed by atoms with van der Waals surface area (Å²) in [5.74, 6) is 0.939. The maximum Gasteiger partial charge on any atom is 0.430 e. The Morgan fingerprint density at radius 2 is 2.00 bits per heavy atom. The Morgan fingerprint density at radius 3 is 2.75 bits per heavy atom. The van der Waals surface area contributed by atoms with Gasteiger partial charge >= 0.3 is 6.75 Å². The predicted octanol–water partition coefficient (Wildman–Crippen LogP) is 0.705. The molecule has 2 aromatic rings. The van der Waals surface area contributed by atoms with Crippen molar-refractivity contribution in [1.29, 1.82) is 0 Å². The lowest BCUT2D eigenvalue weighted by Gasteiger charge is -2.40. The standard InChI is InChI=1S/C20H24BN2O5/c22-18(10-14-4-2-1-3-5-14)20(24)23-12-17(13-23)27-16-7-6-15-8-9-21(25,26)28-19(15)11-16/h1-7,11,17-18,25-26H,8-10,12-13,22H2/q-1/t18-/m1/s1. The monoisotopic (exact) mass is 383 g/mol. The van der Waals surface area contributed by atoms with Crippen LogP contribution in [0.2, 0.25) is 6.32 Å². The number of nitrogens with zero attached hydrogens (tertiary/aromatic N) is 1. The molecular weight excluding hydrogens is 359 g/mol. The molecule has 1 atom stereocenters. The first-order chi connectivity index (χ1) is 13.4. The largest absolute Gasteiger partial charge is 0.670 e. The second kappa shape index (κ2) is 7.46. The lowest BCUT2D eigenvalue weighted by atomic mass is 9.70. The van der Waals surface area contributed by atoms with E-state index in [1.807, 2.05) is 42.5 Å². The minimum atomic E-state index is -2.79. The number of ether oxygens (including phenoxy) is 1. The van der Waals surface area contributed by atoms with Crippen molar-refractivity contribution in [2.45, 2.75) is 31.3 Å². The Labute approximate surface area is 163 Å². The third kappa shape index (κ3) is 4.14. The van der Waals surface area contributed by atoms with Crippen molar-refractivity contribution >= 4 is 12.7 Å². The predicted molar refractivity (Wildman–Crippen MR) is 105 cm³/mol. The van der Waals surface area contributed by atoms with E-state index in [4.69, 9.17) is 15.1 Å². The Bertz CT molecular complexity index is 855. The summed E-state index contributed by atoms with van der Waals surface area (Å²) in [4.78, 5) is 14.2. The van der Waals surface area contributed by atoms with Crippen molar-refractivity contribution in [2.24, 2.45) is 5.73 Å². The highest BCUT2D eigenvalue weighted by Gasteiger charge is 2.35. The SMILES string of the molecule is N[C@H](Cc1ccccc1)C(=O)N1CC(Oc2ccc3c(c2)O[B-](O)(O)CC3)C1. The summed E-state index contributed by atoms with van der Waals surface area (Å²) in [6, 6.07) is 14.5. The van der Waals surface area contributed by atoms with Gasteiger partial charge in [0.15, 0.2) is 0 Å². The van der Waals surface area contributed by atoms with Crippen molar-refractivity contribution in [2.75, 3.05) is 13.1 Å². The summed E-state index contributed by atoms with van der Waals surface area (Å²) in [6.45, 7) is -1.83. The van der Waals surface area contributed by atoms with E-state index in [-0.39, 0.29) is 18.3 Å². The Kier molecular flexibility index (Phi) is 5.01. The minimum Gasteiger partial charge on any atom is -0.670 e. The molecule has 7 nitrogen and oxygen atoms in total. The van der Waals surface area contributed by atoms with Crippen LogP contribution >= 0.6 is 0 Å².